The van der Waals surface area contributed by atoms with E-state index < -0.39 is 24.2 Å². The molecular formula is C23H30F4N4O2. The highest BCUT2D eigenvalue weighted by Crippen LogP contribution is 2.33. The molecule has 2 unspecified atom stereocenters. The van der Waals surface area contributed by atoms with E-state index in [1.807, 2.05) is 11.8 Å². The number of anilines is 1. The second kappa shape index (κ2) is 9.12. The molecule has 0 radical (unpaired) electrons. The molecule has 2 aliphatic heterocycles. The average Bonchev–Trinajstić information content (AvgIpc) is 3.23. The smallest absolute Gasteiger partial charge is 0.373 e. The predicted octanol–water partition coefficient (Wildman–Crippen LogP) is 2.99. The van der Waals surface area contributed by atoms with Gasteiger partial charge in [-0.25, -0.2) is 4.39 Å². The minimum absolute atomic E-state index is 0.0439. The summed E-state index contributed by atoms with van der Waals surface area (Å²) in [4.78, 5) is 27.3. The summed E-state index contributed by atoms with van der Waals surface area (Å²) in [6.45, 7) is 3.21. The molecule has 1 aliphatic carbocycles. The van der Waals surface area contributed by atoms with Gasteiger partial charge in [0.25, 0.3) is 0 Å². The fraction of sp³-hybridized carbons (Fsp3) is 0.652. The summed E-state index contributed by atoms with van der Waals surface area (Å²) < 4.78 is 54.8. The molecule has 4 rings (SSSR count). The van der Waals surface area contributed by atoms with Crippen molar-refractivity contribution >= 4 is 17.5 Å². The van der Waals surface area contributed by atoms with E-state index in [2.05, 4.69) is 10.6 Å². The third-order valence-electron chi connectivity index (χ3n) is 7.21. The monoisotopic (exact) mass is 470 g/mol. The van der Waals surface area contributed by atoms with Crippen molar-refractivity contribution in [2.24, 2.45) is 0 Å². The highest BCUT2D eigenvalue weighted by atomic mass is 19.4. The first-order chi connectivity index (χ1) is 15.5. The number of hydrogen-bond acceptors (Lipinski definition) is 4. The Morgan fingerprint density at radius 1 is 1.18 bits per heavy atom. The van der Waals surface area contributed by atoms with Crippen LogP contribution in [0, 0.1) is 12.7 Å². The summed E-state index contributed by atoms with van der Waals surface area (Å²) >= 11 is 0. The van der Waals surface area contributed by atoms with Crippen molar-refractivity contribution in [1.29, 1.82) is 0 Å². The van der Waals surface area contributed by atoms with E-state index in [0.717, 1.165) is 29.7 Å². The largest absolute Gasteiger partial charge is 0.410 e. The lowest BCUT2D eigenvalue weighted by Gasteiger charge is -2.46. The molecule has 1 saturated heterocycles. The van der Waals surface area contributed by atoms with Gasteiger partial charge >= 0.3 is 6.18 Å². The number of benzene rings is 1. The highest BCUT2D eigenvalue weighted by molar-refractivity contribution is 5.88. The van der Waals surface area contributed by atoms with E-state index in [0.29, 0.717) is 24.2 Å². The molecular weight excluding hydrogens is 440 g/mol. The number of alkyl halides is 3. The summed E-state index contributed by atoms with van der Waals surface area (Å²) in [6, 6.07) is 0.469. The molecule has 1 aromatic rings. The Bertz CT molecular complexity index is 891. The van der Waals surface area contributed by atoms with Crippen molar-refractivity contribution in [1.82, 2.24) is 15.1 Å². The fourth-order valence-corrected chi connectivity index (χ4v) is 5.45. The Balaban J connectivity index is 1.36. The van der Waals surface area contributed by atoms with Gasteiger partial charge in [0, 0.05) is 56.3 Å². The maximum Gasteiger partial charge on any atom is 0.410 e. The minimum Gasteiger partial charge on any atom is -0.373 e. The van der Waals surface area contributed by atoms with Crippen LogP contribution in [0.25, 0.3) is 0 Å². The van der Waals surface area contributed by atoms with Gasteiger partial charge in [0.15, 0.2) is 0 Å². The number of carbonyl (C=O) groups excluding carboxylic acids is 2. The van der Waals surface area contributed by atoms with E-state index in [4.69, 9.17) is 0 Å². The first kappa shape index (κ1) is 23.8. The molecule has 2 amide bonds. The van der Waals surface area contributed by atoms with E-state index in [1.165, 1.54) is 13.0 Å². The van der Waals surface area contributed by atoms with Crippen LogP contribution in [0.15, 0.2) is 12.1 Å². The predicted molar refractivity (Wildman–Crippen MR) is 115 cm³/mol. The Hall–Kier alpha value is -2.36. The maximum absolute atomic E-state index is 14.1. The van der Waals surface area contributed by atoms with E-state index in [1.54, 1.807) is 6.07 Å². The van der Waals surface area contributed by atoms with Crippen LogP contribution in [0.3, 0.4) is 0 Å². The molecule has 1 saturated carbocycles. The number of rotatable bonds is 3. The number of fused-ring (bicyclic) bond motifs is 1. The van der Waals surface area contributed by atoms with Gasteiger partial charge in [-0.2, -0.15) is 13.2 Å². The minimum atomic E-state index is -4.48. The topological polar surface area (TPSA) is 64.7 Å². The number of aryl methyl sites for hydroxylation is 1. The zero-order valence-electron chi connectivity index (χ0n) is 18.8. The van der Waals surface area contributed by atoms with Gasteiger partial charge in [0.2, 0.25) is 11.8 Å². The zero-order chi connectivity index (χ0) is 23.9. The first-order valence-corrected chi connectivity index (χ1v) is 11.5. The normalized spacial score (nSPS) is 28.2. The average molecular weight is 471 g/mol. The molecule has 0 aromatic heterocycles. The summed E-state index contributed by atoms with van der Waals surface area (Å²) in [6.07, 6.45) is -1.34. The molecule has 10 heteroatoms. The zero-order valence-corrected chi connectivity index (χ0v) is 18.8. The molecule has 2 heterocycles. The Morgan fingerprint density at radius 3 is 2.61 bits per heavy atom. The number of carbonyl (C=O) groups is 2. The van der Waals surface area contributed by atoms with E-state index in [-0.39, 0.29) is 43.3 Å². The highest BCUT2D eigenvalue weighted by Gasteiger charge is 2.48. The quantitative estimate of drug-likeness (QED) is 0.667. The SMILES string of the molecule is CC(=O)N1CCN(C2CCC[C@@H](NC(=O)C3Cc4c(F)ccc(C)c4N3)C2)C[C@@H]1C(F)(F)F. The summed E-state index contributed by atoms with van der Waals surface area (Å²) in [5, 5.41) is 6.16. The lowest BCUT2D eigenvalue weighted by atomic mass is 9.88. The van der Waals surface area contributed by atoms with Crippen LogP contribution in [-0.4, -0.2) is 71.6 Å². The number of piperazine rings is 1. The third kappa shape index (κ3) is 4.95. The van der Waals surface area contributed by atoms with Crippen LogP contribution in [-0.2, 0) is 16.0 Å². The molecule has 4 atom stereocenters. The standard InChI is InChI=1S/C23H30F4N4O2/c1-13-6-7-18(24)17-11-19(29-21(13)17)22(33)28-15-4-3-5-16(10-15)30-8-9-31(14(2)32)20(12-30)23(25,26)27/h6-7,15-16,19-20,29H,3-5,8-12H2,1-2H3,(H,28,33)/t15-,16?,19?,20-/m1/s1. The third-order valence-corrected chi connectivity index (χ3v) is 7.21. The van der Waals surface area contributed by atoms with Gasteiger partial charge in [-0.3, -0.25) is 14.5 Å². The number of halogens is 4. The van der Waals surface area contributed by atoms with Gasteiger partial charge in [0.1, 0.15) is 17.9 Å². The van der Waals surface area contributed by atoms with Gasteiger partial charge in [-0.1, -0.05) is 6.07 Å². The number of nitrogens with zero attached hydrogens (tertiary/aromatic N) is 2. The number of hydrogen-bond donors (Lipinski definition) is 2. The van der Waals surface area contributed by atoms with Gasteiger partial charge in [0.05, 0.1) is 0 Å². The van der Waals surface area contributed by atoms with Gasteiger partial charge < -0.3 is 15.5 Å². The molecule has 3 aliphatic rings. The van der Waals surface area contributed by atoms with Crippen LogP contribution in [0.5, 0.6) is 0 Å². The second-order valence-electron chi connectivity index (χ2n) is 9.41. The summed E-state index contributed by atoms with van der Waals surface area (Å²) in [5.74, 6) is -1.12. The van der Waals surface area contributed by atoms with Crippen molar-refractivity contribution in [2.75, 3.05) is 25.0 Å². The Kier molecular flexibility index (Phi) is 6.57. The maximum atomic E-state index is 14.1. The summed E-state index contributed by atoms with van der Waals surface area (Å²) in [5.41, 5.74) is 2.06. The van der Waals surface area contributed by atoms with Crippen molar-refractivity contribution in [2.45, 2.75) is 76.3 Å². The number of amides is 2. The van der Waals surface area contributed by atoms with Crippen LogP contribution >= 0.6 is 0 Å². The van der Waals surface area contributed by atoms with Crippen LogP contribution < -0.4 is 10.6 Å². The molecule has 2 N–H and O–H groups in total. The molecule has 6 nitrogen and oxygen atoms in total. The molecule has 1 aromatic carbocycles. The van der Waals surface area contributed by atoms with E-state index >= 15 is 0 Å². The van der Waals surface area contributed by atoms with Crippen LogP contribution in [0.1, 0.15) is 43.7 Å². The fourth-order valence-electron chi connectivity index (χ4n) is 5.45. The first-order valence-electron chi connectivity index (χ1n) is 11.5. The number of nitrogens with one attached hydrogen (secondary N) is 2. The summed E-state index contributed by atoms with van der Waals surface area (Å²) in [7, 11) is 0. The lowest BCUT2D eigenvalue weighted by molar-refractivity contribution is -0.202. The van der Waals surface area contributed by atoms with Crippen LogP contribution in [0.4, 0.5) is 23.2 Å². The van der Waals surface area contributed by atoms with E-state index in [9.17, 15) is 27.2 Å². The molecule has 0 bridgehead atoms. The molecule has 182 valence electrons. The molecule has 33 heavy (non-hydrogen) atoms. The van der Waals surface area contributed by atoms with Crippen LogP contribution in [0.2, 0.25) is 0 Å². The van der Waals surface area contributed by atoms with Crippen molar-refractivity contribution in [3.05, 3.63) is 29.1 Å². The lowest BCUT2D eigenvalue weighted by Crippen LogP contribution is -2.62. The van der Waals surface area contributed by atoms with Crippen molar-refractivity contribution in [3.8, 4) is 0 Å². The second-order valence-corrected chi connectivity index (χ2v) is 9.41. The Labute approximate surface area is 190 Å². The molecule has 0 spiro atoms. The molecule has 2 fully saturated rings. The van der Waals surface area contributed by atoms with Crippen molar-refractivity contribution in [3.63, 3.8) is 0 Å². The van der Waals surface area contributed by atoms with Gasteiger partial charge in [-0.15, -0.1) is 0 Å². The Morgan fingerprint density at radius 2 is 1.94 bits per heavy atom. The van der Waals surface area contributed by atoms with Crippen molar-refractivity contribution < 1.29 is 27.2 Å². The van der Waals surface area contributed by atoms with Gasteiger partial charge in [-0.05, 0) is 44.2 Å².